The monoisotopic (exact) mass is 427 g/mol. The second kappa shape index (κ2) is 9.91. The number of para-hydroxylation sites is 2. The zero-order chi connectivity index (χ0) is 21.5. The summed E-state index contributed by atoms with van der Waals surface area (Å²) in [6, 6.07) is 20.3. The third-order valence-electron chi connectivity index (χ3n) is 4.22. The fourth-order valence-electron chi connectivity index (χ4n) is 2.75. The van der Waals surface area contributed by atoms with Crippen LogP contribution in [0.1, 0.15) is 15.9 Å². The van der Waals surface area contributed by atoms with E-state index < -0.39 is 17.2 Å². The Hall–Kier alpha value is -3.36. The number of hydrogen-bond acceptors (Lipinski definition) is 4. The quantitative estimate of drug-likeness (QED) is 0.387. The minimum absolute atomic E-state index is 0.181. The molecule has 3 rings (SSSR count). The van der Waals surface area contributed by atoms with Crippen molar-refractivity contribution in [2.45, 2.75) is 6.92 Å². The maximum absolute atomic E-state index is 12.0. The summed E-state index contributed by atoms with van der Waals surface area (Å²) in [6.07, 6.45) is 0. The van der Waals surface area contributed by atoms with E-state index >= 15 is 0 Å². The van der Waals surface area contributed by atoms with Gasteiger partial charge < -0.3 is 14.6 Å². The molecule has 30 heavy (non-hydrogen) atoms. The fourth-order valence-corrected chi connectivity index (χ4v) is 3.37. The zero-order valence-electron chi connectivity index (χ0n) is 16.2. The van der Waals surface area contributed by atoms with Gasteiger partial charge in [-0.25, -0.2) is 13.3 Å². The van der Waals surface area contributed by atoms with E-state index in [1.807, 2.05) is 19.1 Å². The molecule has 0 saturated carbocycles. The predicted molar refractivity (Wildman–Crippen MR) is 115 cm³/mol. The number of anilines is 2. The molecule has 0 aliphatic heterocycles. The Morgan fingerprint density at radius 2 is 1.57 bits per heavy atom. The summed E-state index contributed by atoms with van der Waals surface area (Å²) in [4.78, 5) is 10.9. The molecule has 0 heterocycles. The molecule has 0 spiro atoms. The van der Waals surface area contributed by atoms with Gasteiger partial charge in [-0.05, 0) is 55.5 Å². The molecule has 0 aliphatic rings. The Balaban J connectivity index is 1.67. The number of nitrogens with zero attached hydrogens (tertiary/aromatic N) is 1. The smallest absolute Gasteiger partial charge is 0.335 e. The van der Waals surface area contributed by atoms with Crippen LogP contribution in [0, 0.1) is 6.92 Å². The summed E-state index contributed by atoms with van der Waals surface area (Å²) in [5, 5.41) is 8.92. The van der Waals surface area contributed by atoms with Crippen LogP contribution in [-0.4, -0.2) is 33.1 Å². The number of aryl methyl sites for hydroxylation is 1. The molecule has 7 nitrogen and oxygen atoms in total. The number of rotatable bonds is 9. The van der Waals surface area contributed by atoms with Crippen molar-refractivity contribution in [3.05, 3.63) is 83.9 Å². The minimum atomic E-state index is -2.29. The fraction of sp³-hybridized carbons (Fsp3) is 0.136. The molecule has 3 aromatic rings. The van der Waals surface area contributed by atoms with Crippen molar-refractivity contribution in [1.82, 2.24) is 0 Å². The van der Waals surface area contributed by atoms with Crippen LogP contribution in [0.5, 0.6) is 11.5 Å². The third kappa shape index (κ3) is 5.37. The van der Waals surface area contributed by atoms with Crippen LogP contribution in [0.15, 0.2) is 72.8 Å². The van der Waals surface area contributed by atoms with Crippen LogP contribution in [0.25, 0.3) is 0 Å². The van der Waals surface area contributed by atoms with Gasteiger partial charge in [-0.3, -0.25) is 4.55 Å². The van der Waals surface area contributed by atoms with Gasteiger partial charge in [-0.2, -0.15) is 0 Å². The van der Waals surface area contributed by atoms with E-state index in [4.69, 9.17) is 14.6 Å². The van der Waals surface area contributed by atoms with E-state index in [0.29, 0.717) is 22.9 Å². The Bertz CT molecular complexity index is 1020. The lowest BCUT2D eigenvalue weighted by atomic mass is 10.2. The second-order valence-electron chi connectivity index (χ2n) is 6.35. The molecular formula is C22H21NO6S. The SMILES string of the molecule is Cc1ccc(N(c2ccccc2OCCOc2ccc(C(=O)O)cc2)S(=O)O)cc1. The number of benzene rings is 3. The first-order chi connectivity index (χ1) is 14.5. The highest BCUT2D eigenvalue weighted by Crippen LogP contribution is 2.34. The molecule has 0 radical (unpaired) electrons. The lowest BCUT2D eigenvalue weighted by molar-refractivity contribution is 0.0697. The van der Waals surface area contributed by atoms with Crippen molar-refractivity contribution in [3.63, 3.8) is 0 Å². The average molecular weight is 427 g/mol. The molecular weight excluding hydrogens is 406 g/mol. The van der Waals surface area contributed by atoms with Crippen molar-refractivity contribution in [1.29, 1.82) is 0 Å². The molecule has 156 valence electrons. The Morgan fingerprint density at radius 1 is 0.933 bits per heavy atom. The van der Waals surface area contributed by atoms with E-state index in [-0.39, 0.29) is 18.8 Å². The van der Waals surface area contributed by atoms with Crippen LogP contribution >= 0.6 is 0 Å². The van der Waals surface area contributed by atoms with Crippen molar-refractivity contribution < 1.29 is 28.1 Å². The summed E-state index contributed by atoms with van der Waals surface area (Å²) in [7, 11) is 0. The van der Waals surface area contributed by atoms with Gasteiger partial charge in [0.1, 0.15) is 24.7 Å². The van der Waals surface area contributed by atoms with Gasteiger partial charge in [0.05, 0.1) is 16.9 Å². The molecule has 2 N–H and O–H groups in total. The molecule has 3 aromatic carbocycles. The van der Waals surface area contributed by atoms with E-state index in [9.17, 15) is 13.6 Å². The lowest BCUT2D eigenvalue weighted by Gasteiger charge is -2.23. The van der Waals surface area contributed by atoms with Gasteiger partial charge in [-0.1, -0.05) is 29.8 Å². The highest BCUT2D eigenvalue weighted by atomic mass is 32.2. The summed E-state index contributed by atoms with van der Waals surface area (Å²) in [5.41, 5.74) is 2.24. The largest absolute Gasteiger partial charge is 0.490 e. The third-order valence-corrected chi connectivity index (χ3v) is 4.94. The Morgan fingerprint density at radius 3 is 2.20 bits per heavy atom. The molecule has 8 heteroatoms. The predicted octanol–water partition coefficient (Wildman–Crippen LogP) is 4.43. The molecule has 0 aromatic heterocycles. The zero-order valence-corrected chi connectivity index (χ0v) is 17.0. The van der Waals surface area contributed by atoms with Gasteiger partial charge in [0.25, 0.3) is 11.3 Å². The topological polar surface area (TPSA) is 96.3 Å². The number of aromatic carboxylic acids is 1. The van der Waals surface area contributed by atoms with E-state index in [2.05, 4.69) is 0 Å². The van der Waals surface area contributed by atoms with E-state index in [1.54, 1.807) is 48.5 Å². The van der Waals surface area contributed by atoms with Crippen molar-refractivity contribution >= 4 is 28.6 Å². The normalized spacial score (nSPS) is 11.5. The first-order valence-corrected chi connectivity index (χ1v) is 10.2. The van der Waals surface area contributed by atoms with Crippen LogP contribution in [0.3, 0.4) is 0 Å². The molecule has 0 fully saturated rings. The number of carboxylic acids is 1. The highest BCUT2D eigenvalue weighted by Gasteiger charge is 2.19. The van der Waals surface area contributed by atoms with Crippen molar-refractivity contribution in [2.75, 3.05) is 17.5 Å². The van der Waals surface area contributed by atoms with Crippen molar-refractivity contribution in [2.24, 2.45) is 0 Å². The Labute approximate surface area is 176 Å². The molecule has 1 unspecified atom stereocenters. The van der Waals surface area contributed by atoms with Crippen molar-refractivity contribution in [3.8, 4) is 11.5 Å². The Kier molecular flexibility index (Phi) is 7.05. The number of carbonyl (C=O) groups is 1. The molecule has 0 amide bonds. The van der Waals surface area contributed by atoms with E-state index in [0.717, 1.165) is 5.56 Å². The minimum Gasteiger partial charge on any atom is -0.490 e. The van der Waals surface area contributed by atoms with Gasteiger partial charge in [0.15, 0.2) is 0 Å². The summed E-state index contributed by atoms with van der Waals surface area (Å²) >= 11 is -2.29. The van der Waals surface area contributed by atoms with Gasteiger partial charge >= 0.3 is 5.97 Å². The lowest BCUT2D eigenvalue weighted by Crippen LogP contribution is -2.20. The van der Waals surface area contributed by atoms with Crippen LogP contribution in [0.4, 0.5) is 11.4 Å². The first kappa shape index (κ1) is 21.4. The molecule has 0 saturated heterocycles. The maximum atomic E-state index is 12.0. The average Bonchev–Trinajstić information content (AvgIpc) is 2.74. The molecule has 0 aliphatic carbocycles. The second-order valence-corrected chi connectivity index (χ2v) is 7.18. The summed E-state index contributed by atoms with van der Waals surface area (Å²) in [5.74, 6) is -0.0409. The first-order valence-electron chi connectivity index (χ1n) is 9.11. The van der Waals surface area contributed by atoms with Gasteiger partial charge in [-0.15, -0.1) is 0 Å². The van der Waals surface area contributed by atoms with E-state index in [1.165, 1.54) is 16.4 Å². The maximum Gasteiger partial charge on any atom is 0.335 e. The van der Waals surface area contributed by atoms with Gasteiger partial charge in [0.2, 0.25) is 0 Å². The highest BCUT2D eigenvalue weighted by molar-refractivity contribution is 7.81. The summed E-state index contributed by atoms with van der Waals surface area (Å²) in [6.45, 7) is 2.35. The standard InChI is InChI=1S/C22H21NO6S/c1-16-6-10-18(11-7-16)23(30(26)27)20-4-2-3-5-21(20)29-15-14-28-19-12-8-17(9-13-19)22(24)25/h2-13H,14-15H2,1H3,(H,24,25)(H,26,27). The number of hydrogen-bond donors (Lipinski definition) is 2. The van der Waals surface area contributed by atoms with Crippen LogP contribution in [0.2, 0.25) is 0 Å². The van der Waals surface area contributed by atoms with Crippen LogP contribution in [-0.2, 0) is 11.3 Å². The van der Waals surface area contributed by atoms with Crippen LogP contribution < -0.4 is 13.8 Å². The van der Waals surface area contributed by atoms with Gasteiger partial charge in [0, 0.05) is 0 Å². The molecule has 1 atom stereocenters. The number of carboxylic acid groups (broad SMARTS) is 1. The number of ether oxygens (including phenoxy) is 2. The molecule has 0 bridgehead atoms. The summed E-state index contributed by atoms with van der Waals surface area (Å²) < 4.78 is 34.5.